The molecule has 0 nitrogen and oxygen atoms in total. The second-order valence-corrected chi connectivity index (χ2v) is 11.5. The van der Waals surface area contributed by atoms with Crippen LogP contribution in [0.2, 0.25) is 19.6 Å². The highest BCUT2D eigenvalue weighted by atomic mass is 28.3. The first-order valence-corrected chi connectivity index (χ1v) is 11.0. The Balaban J connectivity index is 2.50. The topological polar surface area (TPSA) is 0 Å². The van der Waals surface area contributed by atoms with Crippen molar-refractivity contribution in [2.45, 2.75) is 25.6 Å². The van der Waals surface area contributed by atoms with Crippen LogP contribution >= 0.6 is 0 Å². The molecule has 0 amide bonds. The van der Waals surface area contributed by atoms with Gasteiger partial charge < -0.3 is 0 Å². The number of hydrogen-bond donors (Lipinski definition) is 0. The number of rotatable bonds is 5. The first-order chi connectivity index (χ1) is 10.0. The first-order valence-electron chi connectivity index (χ1n) is 7.47. The Morgan fingerprint density at radius 3 is 1.90 bits per heavy atom. The van der Waals surface area contributed by atoms with Crippen LogP contribution in [0.1, 0.15) is 17.0 Å². The Kier molecular flexibility index (Phi) is 4.97. The van der Waals surface area contributed by atoms with Gasteiger partial charge in [0.2, 0.25) is 0 Å². The average Bonchev–Trinajstić information content (AvgIpc) is 2.48. The van der Waals surface area contributed by atoms with E-state index in [4.69, 9.17) is 0 Å². The van der Waals surface area contributed by atoms with Gasteiger partial charge in [-0.25, -0.2) is 0 Å². The van der Waals surface area contributed by atoms with E-state index in [0.29, 0.717) is 5.92 Å². The van der Waals surface area contributed by atoms with Gasteiger partial charge in [0, 0.05) is 5.92 Å². The molecule has 0 fully saturated rings. The molecule has 0 bridgehead atoms. The molecule has 0 saturated carbocycles. The van der Waals surface area contributed by atoms with Crippen molar-refractivity contribution in [3.63, 3.8) is 0 Å². The van der Waals surface area contributed by atoms with Gasteiger partial charge in [0.1, 0.15) is 0 Å². The molecule has 0 heterocycles. The third-order valence-electron chi connectivity index (χ3n) is 3.72. The Morgan fingerprint density at radius 2 is 1.43 bits per heavy atom. The molecular weight excluding hydrogens is 268 g/mol. The minimum absolute atomic E-state index is 0.304. The number of allylic oxidation sites excluding steroid dienone is 2. The van der Waals surface area contributed by atoms with Crippen LogP contribution in [-0.4, -0.2) is 8.07 Å². The lowest BCUT2D eigenvalue weighted by atomic mass is 9.97. The first kappa shape index (κ1) is 15.5. The van der Waals surface area contributed by atoms with Crippen molar-refractivity contribution in [3.05, 3.63) is 89.6 Å². The largest absolute Gasteiger partial charge is 0.102 e. The molecule has 0 aliphatic carbocycles. The minimum Gasteiger partial charge on any atom is -0.102 e. The van der Waals surface area contributed by atoms with E-state index in [0.717, 1.165) is 0 Å². The fraction of sp³-hybridized carbons (Fsp3) is 0.200. The Morgan fingerprint density at radius 1 is 0.905 bits per heavy atom. The summed E-state index contributed by atoms with van der Waals surface area (Å²) in [4.78, 5) is 0. The van der Waals surface area contributed by atoms with Crippen LogP contribution in [0.15, 0.2) is 78.5 Å². The molecule has 0 saturated heterocycles. The molecule has 0 aliphatic heterocycles. The monoisotopic (exact) mass is 292 g/mol. The Hall–Kier alpha value is -1.86. The zero-order valence-electron chi connectivity index (χ0n) is 13.2. The van der Waals surface area contributed by atoms with Gasteiger partial charge in [0.25, 0.3) is 0 Å². The normalized spacial score (nSPS) is 13.8. The van der Waals surface area contributed by atoms with Crippen molar-refractivity contribution in [1.82, 2.24) is 0 Å². The maximum Gasteiger partial charge on any atom is 0.0736 e. The second kappa shape index (κ2) is 6.73. The summed E-state index contributed by atoms with van der Waals surface area (Å²) >= 11 is 0. The number of hydrogen-bond acceptors (Lipinski definition) is 0. The van der Waals surface area contributed by atoms with E-state index in [1.165, 1.54) is 16.3 Å². The minimum atomic E-state index is -1.45. The Labute approximate surface area is 129 Å². The van der Waals surface area contributed by atoms with Crippen LogP contribution in [0.3, 0.4) is 0 Å². The lowest BCUT2D eigenvalue weighted by Crippen LogP contribution is -2.27. The molecule has 0 radical (unpaired) electrons. The molecule has 0 aliphatic rings. The van der Waals surface area contributed by atoms with Crippen LogP contribution in [0.25, 0.3) is 6.08 Å². The van der Waals surface area contributed by atoms with Gasteiger partial charge in [-0.15, -0.1) is 6.58 Å². The van der Waals surface area contributed by atoms with E-state index in [1.54, 1.807) is 0 Å². The van der Waals surface area contributed by atoms with E-state index in [9.17, 15) is 0 Å². The van der Waals surface area contributed by atoms with Crippen molar-refractivity contribution in [2.75, 3.05) is 0 Å². The highest BCUT2D eigenvalue weighted by Crippen LogP contribution is 2.33. The molecule has 0 spiro atoms. The molecule has 108 valence electrons. The predicted octanol–water partition coefficient (Wildman–Crippen LogP) is 5.92. The van der Waals surface area contributed by atoms with Gasteiger partial charge in [-0.2, -0.15) is 0 Å². The van der Waals surface area contributed by atoms with Crippen LogP contribution < -0.4 is 0 Å². The molecular formula is C20H24Si. The van der Waals surface area contributed by atoms with E-state index in [-0.39, 0.29) is 0 Å². The van der Waals surface area contributed by atoms with Gasteiger partial charge in [0.15, 0.2) is 0 Å². The highest BCUT2D eigenvalue weighted by molar-refractivity contribution is 6.84. The summed E-state index contributed by atoms with van der Waals surface area (Å²) in [5, 5.41) is 1.52. The molecule has 1 atom stereocenters. The van der Waals surface area contributed by atoms with Gasteiger partial charge in [-0.05, 0) is 11.1 Å². The van der Waals surface area contributed by atoms with Crippen molar-refractivity contribution >= 4 is 14.1 Å². The van der Waals surface area contributed by atoms with E-state index < -0.39 is 8.07 Å². The summed E-state index contributed by atoms with van der Waals surface area (Å²) < 4.78 is 0. The summed E-state index contributed by atoms with van der Waals surface area (Å²) in [6, 6.07) is 21.3. The quantitative estimate of drug-likeness (QED) is 0.474. The summed E-state index contributed by atoms with van der Waals surface area (Å²) in [5.41, 5.74) is 2.61. The van der Waals surface area contributed by atoms with Crippen LogP contribution in [-0.2, 0) is 0 Å². The zero-order valence-corrected chi connectivity index (χ0v) is 14.2. The SMILES string of the molecule is C=C[C@H](/C(=C\c1ccccc1)[Si](C)(C)C)c1ccccc1. The van der Waals surface area contributed by atoms with Crippen LogP contribution in [0.5, 0.6) is 0 Å². The van der Waals surface area contributed by atoms with Crippen LogP contribution in [0, 0.1) is 0 Å². The third-order valence-corrected chi connectivity index (χ3v) is 5.90. The molecule has 2 rings (SSSR count). The van der Waals surface area contributed by atoms with Gasteiger partial charge in [0.05, 0.1) is 8.07 Å². The fourth-order valence-electron chi connectivity index (χ4n) is 2.60. The standard InChI is InChI=1S/C20H24Si/c1-5-19(18-14-10-7-11-15-18)20(21(2,3)4)16-17-12-8-6-9-13-17/h5-16,19H,1H2,2-4H3/b20-16+/t19-/m0/s1. The summed E-state index contributed by atoms with van der Waals surface area (Å²) in [7, 11) is -1.45. The maximum atomic E-state index is 4.09. The van der Waals surface area contributed by atoms with E-state index >= 15 is 0 Å². The molecule has 0 unspecified atom stereocenters. The fourth-order valence-corrected chi connectivity index (χ4v) is 4.42. The third kappa shape index (κ3) is 4.05. The second-order valence-electron chi connectivity index (χ2n) is 6.38. The molecule has 21 heavy (non-hydrogen) atoms. The van der Waals surface area contributed by atoms with E-state index in [2.05, 4.69) is 99.0 Å². The molecule has 1 heteroatoms. The molecule has 2 aromatic carbocycles. The summed E-state index contributed by atoms with van der Waals surface area (Å²) in [6.45, 7) is 11.3. The molecule has 2 aromatic rings. The summed E-state index contributed by atoms with van der Waals surface area (Å²) in [6.07, 6.45) is 4.45. The summed E-state index contributed by atoms with van der Waals surface area (Å²) in [5.74, 6) is 0.304. The lowest BCUT2D eigenvalue weighted by Gasteiger charge is -2.28. The van der Waals surface area contributed by atoms with Gasteiger partial charge in [-0.3, -0.25) is 0 Å². The maximum absolute atomic E-state index is 4.09. The van der Waals surface area contributed by atoms with Gasteiger partial charge >= 0.3 is 0 Å². The predicted molar refractivity (Wildman–Crippen MR) is 97.1 cm³/mol. The Bertz CT molecular complexity index is 603. The van der Waals surface area contributed by atoms with Crippen molar-refractivity contribution < 1.29 is 0 Å². The molecule has 0 N–H and O–H groups in total. The lowest BCUT2D eigenvalue weighted by molar-refractivity contribution is 1.05. The van der Waals surface area contributed by atoms with E-state index in [1.807, 2.05) is 0 Å². The highest BCUT2D eigenvalue weighted by Gasteiger charge is 2.26. The molecule has 0 aromatic heterocycles. The van der Waals surface area contributed by atoms with Crippen molar-refractivity contribution in [2.24, 2.45) is 0 Å². The average molecular weight is 292 g/mol. The smallest absolute Gasteiger partial charge is 0.0736 e. The number of benzene rings is 2. The van der Waals surface area contributed by atoms with Crippen LogP contribution in [0.4, 0.5) is 0 Å². The van der Waals surface area contributed by atoms with Gasteiger partial charge in [-0.1, -0.05) is 97.7 Å². The van der Waals surface area contributed by atoms with Crippen molar-refractivity contribution in [1.29, 1.82) is 0 Å². The van der Waals surface area contributed by atoms with Crippen molar-refractivity contribution in [3.8, 4) is 0 Å². The zero-order chi connectivity index (χ0) is 15.3.